The zero-order valence-electron chi connectivity index (χ0n) is 14.5. The van der Waals surface area contributed by atoms with Crippen LogP contribution < -0.4 is 10.7 Å². The first-order valence-corrected chi connectivity index (χ1v) is 8.65. The third-order valence-electron chi connectivity index (χ3n) is 3.74. The normalized spacial score (nSPS) is 10.6. The largest absolute Gasteiger partial charge is 0.322 e. The Bertz CT molecular complexity index is 1020. The van der Waals surface area contributed by atoms with Gasteiger partial charge in [0.25, 0.3) is 11.8 Å². The van der Waals surface area contributed by atoms with E-state index >= 15 is 0 Å². The second kappa shape index (κ2) is 8.92. The van der Waals surface area contributed by atoms with E-state index in [0.29, 0.717) is 27.4 Å². The third-order valence-corrected chi connectivity index (χ3v) is 3.99. The Morgan fingerprint density at radius 1 is 0.893 bits per heavy atom. The number of hydrazone groups is 1. The number of rotatable bonds is 5. The average molecular weight is 396 g/mol. The molecule has 0 saturated heterocycles. The van der Waals surface area contributed by atoms with Crippen molar-refractivity contribution in [1.82, 2.24) is 5.43 Å². The first-order chi connectivity index (χ1) is 13.5. The topological polar surface area (TPSA) is 70.6 Å². The van der Waals surface area contributed by atoms with E-state index in [4.69, 9.17) is 11.6 Å². The molecule has 0 heterocycles. The van der Waals surface area contributed by atoms with Crippen LogP contribution in [0, 0.1) is 5.82 Å². The van der Waals surface area contributed by atoms with E-state index in [0.717, 1.165) is 0 Å². The molecule has 2 N–H and O–H groups in total. The number of carbonyl (C=O) groups is 2. The molecule has 3 aromatic rings. The van der Waals surface area contributed by atoms with Crippen LogP contribution in [0.4, 0.5) is 10.1 Å². The van der Waals surface area contributed by atoms with Crippen LogP contribution >= 0.6 is 11.6 Å². The Morgan fingerprint density at radius 2 is 1.61 bits per heavy atom. The van der Waals surface area contributed by atoms with Crippen molar-refractivity contribution in [2.75, 3.05) is 5.32 Å². The van der Waals surface area contributed by atoms with Crippen molar-refractivity contribution >= 4 is 35.3 Å². The van der Waals surface area contributed by atoms with Crippen molar-refractivity contribution < 1.29 is 14.0 Å². The first kappa shape index (κ1) is 19.3. The van der Waals surface area contributed by atoms with Gasteiger partial charge in [0.05, 0.1) is 6.21 Å². The van der Waals surface area contributed by atoms with Crippen molar-refractivity contribution in [2.24, 2.45) is 5.10 Å². The van der Waals surface area contributed by atoms with Crippen LogP contribution in [0.3, 0.4) is 0 Å². The number of benzene rings is 3. The van der Waals surface area contributed by atoms with E-state index < -0.39 is 5.91 Å². The fourth-order valence-corrected chi connectivity index (χ4v) is 2.45. The maximum Gasteiger partial charge on any atom is 0.271 e. The number of carbonyl (C=O) groups excluding carboxylic acids is 2. The maximum atomic E-state index is 12.9. The molecule has 2 amide bonds. The van der Waals surface area contributed by atoms with Crippen molar-refractivity contribution in [3.8, 4) is 0 Å². The van der Waals surface area contributed by atoms with E-state index in [1.165, 1.54) is 36.5 Å². The molecule has 3 aromatic carbocycles. The van der Waals surface area contributed by atoms with E-state index in [-0.39, 0.29) is 11.7 Å². The number of hydrogen-bond donors (Lipinski definition) is 2. The SMILES string of the molecule is O=C(N/N=C/c1ccc(F)cc1)c1cccc(NC(=O)c2ccc(Cl)cc2)c1. The summed E-state index contributed by atoms with van der Waals surface area (Å²) >= 11 is 5.82. The molecule has 0 aliphatic carbocycles. The van der Waals surface area contributed by atoms with Crippen molar-refractivity contribution in [1.29, 1.82) is 0 Å². The highest BCUT2D eigenvalue weighted by Gasteiger charge is 2.09. The van der Waals surface area contributed by atoms with Crippen LogP contribution in [0.5, 0.6) is 0 Å². The lowest BCUT2D eigenvalue weighted by molar-refractivity contribution is 0.0953. The molecule has 0 fully saturated rings. The Kier molecular flexibility index (Phi) is 6.14. The van der Waals surface area contributed by atoms with Gasteiger partial charge in [-0.25, -0.2) is 9.82 Å². The summed E-state index contributed by atoms with van der Waals surface area (Å²) < 4.78 is 12.9. The lowest BCUT2D eigenvalue weighted by Crippen LogP contribution is -2.18. The molecule has 3 rings (SSSR count). The summed E-state index contributed by atoms with van der Waals surface area (Å²) in [5, 5.41) is 7.11. The second-order valence-electron chi connectivity index (χ2n) is 5.79. The lowest BCUT2D eigenvalue weighted by Gasteiger charge is -2.07. The minimum atomic E-state index is -0.444. The van der Waals surface area contributed by atoms with E-state index in [1.807, 2.05) is 0 Å². The van der Waals surface area contributed by atoms with Crippen LogP contribution in [0.15, 0.2) is 77.9 Å². The zero-order chi connectivity index (χ0) is 19.9. The fourth-order valence-electron chi connectivity index (χ4n) is 2.32. The highest BCUT2D eigenvalue weighted by molar-refractivity contribution is 6.30. The highest BCUT2D eigenvalue weighted by atomic mass is 35.5. The summed E-state index contributed by atoms with van der Waals surface area (Å²) in [7, 11) is 0. The van der Waals surface area contributed by atoms with Crippen molar-refractivity contribution in [3.63, 3.8) is 0 Å². The summed E-state index contributed by atoms with van der Waals surface area (Å²) in [6.45, 7) is 0. The first-order valence-electron chi connectivity index (χ1n) is 8.27. The summed E-state index contributed by atoms with van der Waals surface area (Å²) in [6.07, 6.45) is 1.41. The maximum absolute atomic E-state index is 12.9. The molecule has 28 heavy (non-hydrogen) atoms. The second-order valence-corrected chi connectivity index (χ2v) is 6.23. The van der Waals surface area contributed by atoms with Crippen LogP contribution in [0.2, 0.25) is 5.02 Å². The van der Waals surface area contributed by atoms with Crippen LogP contribution in [0.1, 0.15) is 26.3 Å². The molecule has 0 aliphatic rings. The van der Waals surface area contributed by atoms with Gasteiger partial charge in [0.15, 0.2) is 0 Å². The minimum Gasteiger partial charge on any atom is -0.322 e. The Morgan fingerprint density at radius 3 is 2.32 bits per heavy atom. The van der Waals surface area contributed by atoms with E-state index in [1.54, 1.807) is 42.5 Å². The van der Waals surface area contributed by atoms with Gasteiger partial charge in [0.1, 0.15) is 5.82 Å². The molecule has 0 bridgehead atoms. The Labute approximate surface area is 165 Å². The molecule has 5 nitrogen and oxygen atoms in total. The van der Waals surface area contributed by atoms with Gasteiger partial charge in [-0.3, -0.25) is 9.59 Å². The Balaban J connectivity index is 1.63. The average Bonchev–Trinajstić information content (AvgIpc) is 2.70. The molecule has 0 spiro atoms. The molecule has 7 heteroatoms. The molecule has 0 saturated carbocycles. The molecule has 0 atom stereocenters. The van der Waals surface area contributed by atoms with Gasteiger partial charge in [-0.2, -0.15) is 5.10 Å². The van der Waals surface area contributed by atoms with Gasteiger partial charge in [0.2, 0.25) is 0 Å². The lowest BCUT2D eigenvalue weighted by atomic mass is 10.1. The standard InChI is InChI=1S/C21H15ClFN3O2/c22-17-8-6-15(7-9-17)20(27)25-19-3-1-2-16(12-19)21(28)26-24-13-14-4-10-18(23)11-5-14/h1-13H,(H,25,27)(H,26,28)/b24-13+. The molecule has 0 unspecified atom stereocenters. The Hall–Kier alpha value is -3.51. The quantitative estimate of drug-likeness (QED) is 0.493. The molecule has 0 aliphatic heterocycles. The number of halogens is 2. The number of nitrogens with one attached hydrogen (secondary N) is 2. The van der Waals surface area contributed by atoms with Gasteiger partial charge in [0, 0.05) is 21.8 Å². The monoisotopic (exact) mass is 395 g/mol. The molecular formula is C21H15ClFN3O2. The summed E-state index contributed by atoms with van der Waals surface area (Å²) in [6, 6.07) is 18.6. The molecule has 0 aromatic heterocycles. The predicted molar refractivity (Wildman–Crippen MR) is 107 cm³/mol. The van der Waals surface area contributed by atoms with Crippen LogP contribution in [0.25, 0.3) is 0 Å². The third kappa shape index (κ3) is 5.25. The van der Waals surface area contributed by atoms with Gasteiger partial charge in [-0.05, 0) is 60.2 Å². The van der Waals surface area contributed by atoms with Crippen molar-refractivity contribution in [2.45, 2.75) is 0 Å². The number of anilines is 1. The number of amides is 2. The van der Waals surface area contributed by atoms with Gasteiger partial charge >= 0.3 is 0 Å². The zero-order valence-corrected chi connectivity index (χ0v) is 15.3. The van der Waals surface area contributed by atoms with Gasteiger partial charge in [-0.1, -0.05) is 29.8 Å². The van der Waals surface area contributed by atoms with Crippen LogP contribution in [-0.2, 0) is 0 Å². The van der Waals surface area contributed by atoms with E-state index in [2.05, 4.69) is 15.8 Å². The van der Waals surface area contributed by atoms with Crippen LogP contribution in [-0.4, -0.2) is 18.0 Å². The summed E-state index contributed by atoms with van der Waals surface area (Å²) in [5.74, 6) is -1.11. The highest BCUT2D eigenvalue weighted by Crippen LogP contribution is 2.14. The smallest absolute Gasteiger partial charge is 0.271 e. The van der Waals surface area contributed by atoms with E-state index in [9.17, 15) is 14.0 Å². The fraction of sp³-hybridized carbons (Fsp3) is 0. The number of hydrogen-bond acceptors (Lipinski definition) is 3. The van der Waals surface area contributed by atoms with Crippen molar-refractivity contribution in [3.05, 3.63) is 100 Å². The van der Waals surface area contributed by atoms with Gasteiger partial charge in [-0.15, -0.1) is 0 Å². The molecule has 0 radical (unpaired) electrons. The minimum absolute atomic E-state index is 0.316. The molecule has 140 valence electrons. The number of nitrogens with zero attached hydrogens (tertiary/aromatic N) is 1. The molecular weight excluding hydrogens is 381 g/mol. The predicted octanol–water partition coefficient (Wildman–Crippen LogP) is 4.50. The van der Waals surface area contributed by atoms with Gasteiger partial charge < -0.3 is 5.32 Å². The summed E-state index contributed by atoms with van der Waals surface area (Å²) in [4.78, 5) is 24.5. The summed E-state index contributed by atoms with van der Waals surface area (Å²) in [5.41, 5.74) is 4.27.